The largest absolute Gasteiger partial charge is 0.494 e. The highest BCUT2D eigenvalue weighted by Crippen LogP contribution is 2.23. The molecular formula is C28H38N2O4. The van der Waals surface area contributed by atoms with E-state index >= 15 is 0 Å². The zero-order chi connectivity index (χ0) is 24.5. The van der Waals surface area contributed by atoms with Crippen molar-refractivity contribution in [2.75, 3.05) is 33.4 Å². The fourth-order valence-electron chi connectivity index (χ4n) is 4.38. The molecule has 0 unspecified atom stereocenters. The molecule has 6 nitrogen and oxygen atoms in total. The van der Waals surface area contributed by atoms with Gasteiger partial charge in [0.05, 0.1) is 24.6 Å². The monoisotopic (exact) mass is 466 g/mol. The van der Waals surface area contributed by atoms with E-state index in [0.29, 0.717) is 50.0 Å². The van der Waals surface area contributed by atoms with Crippen molar-refractivity contribution in [3.05, 3.63) is 59.7 Å². The molecule has 2 aromatic carbocycles. The molecule has 0 saturated heterocycles. The highest BCUT2D eigenvalue weighted by atomic mass is 16.5. The molecule has 1 aliphatic rings. The molecule has 1 aliphatic heterocycles. The average molecular weight is 467 g/mol. The van der Waals surface area contributed by atoms with Gasteiger partial charge in [-0.2, -0.15) is 0 Å². The first-order valence-corrected chi connectivity index (χ1v) is 12.4. The number of nitrogens with zero attached hydrogens (tertiary/aromatic N) is 2. The third kappa shape index (κ3) is 6.99. The number of benzene rings is 2. The highest BCUT2D eigenvalue weighted by Gasteiger charge is 2.27. The quantitative estimate of drug-likeness (QED) is 0.613. The summed E-state index contributed by atoms with van der Waals surface area (Å²) in [5, 5.41) is 0. The zero-order valence-corrected chi connectivity index (χ0v) is 21.0. The van der Waals surface area contributed by atoms with Crippen LogP contribution in [-0.2, 0) is 11.2 Å². The van der Waals surface area contributed by atoms with Gasteiger partial charge in [-0.25, -0.2) is 0 Å². The molecule has 2 aromatic rings. The van der Waals surface area contributed by atoms with E-state index < -0.39 is 0 Å². The number of ether oxygens (including phenoxy) is 2. The van der Waals surface area contributed by atoms with E-state index in [0.717, 1.165) is 30.6 Å². The minimum absolute atomic E-state index is 0.0278. The average Bonchev–Trinajstić information content (AvgIpc) is 2.82. The van der Waals surface area contributed by atoms with Gasteiger partial charge in [0.25, 0.3) is 5.91 Å². The first-order valence-electron chi connectivity index (χ1n) is 12.4. The maximum atomic E-state index is 13.5. The Labute approximate surface area is 203 Å². The molecule has 0 bridgehead atoms. The molecule has 0 saturated carbocycles. The van der Waals surface area contributed by atoms with Gasteiger partial charge in [-0.3, -0.25) is 9.59 Å². The standard InChI is InChI=1S/C28H38N2O4/c1-5-33-24-14-12-22(13-15-24)19-27(31)30-17-9-8-16-29(4)28(32)25-10-6-7-11-26(25)34-20-23(30)18-21(2)3/h6-7,10-15,21,23H,5,8-9,16-20H2,1-4H3/t23-/m0/s1. The van der Waals surface area contributed by atoms with Crippen LogP contribution in [-0.4, -0.2) is 61.0 Å². The van der Waals surface area contributed by atoms with Crippen LogP contribution in [0.4, 0.5) is 0 Å². The minimum atomic E-state index is -0.0597. The van der Waals surface area contributed by atoms with Gasteiger partial charge in [-0.05, 0) is 61.9 Å². The summed E-state index contributed by atoms with van der Waals surface area (Å²) in [6, 6.07) is 15.1. The lowest BCUT2D eigenvalue weighted by molar-refractivity contribution is -0.134. The van der Waals surface area contributed by atoms with Crippen molar-refractivity contribution in [1.29, 1.82) is 0 Å². The van der Waals surface area contributed by atoms with Crippen LogP contribution >= 0.6 is 0 Å². The lowest BCUT2D eigenvalue weighted by Crippen LogP contribution is -2.46. The van der Waals surface area contributed by atoms with Crippen molar-refractivity contribution in [2.24, 2.45) is 5.92 Å². The van der Waals surface area contributed by atoms with E-state index in [1.807, 2.05) is 67.4 Å². The molecular weight excluding hydrogens is 428 g/mol. The molecule has 0 radical (unpaired) electrons. The first kappa shape index (κ1) is 25.6. The summed E-state index contributed by atoms with van der Waals surface area (Å²) < 4.78 is 11.7. The number of carbonyl (C=O) groups is 2. The summed E-state index contributed by atoms with van der Waals surface area (Å²) in [6.45, 7) is 8.56. The maximum absolute atomic E-state index is 13.5. The molecule has 0 fully saturated rings. The molecule has 0 spiro atoms. The second-order valence-corrected chi connectivity index (χ2v) is 9.37. The molecule has 3 rings (SSSR count). The SMILES string of the molecule is CCOc1ccc(CC(=O)N2CCCCN(C)C(=O)c3ccccc3OC[C@@H]2CC(C)C)cc1. The fraction of sp³-hybridized carbons (Fsp3) is 0.500. The Bertz CT molecular complexity index is 942. The number of carbonyl (C=O) groups excluding carboxylic acids is 2. The predicted molar refractivity (Wildman–Crippen MR) is 134 cm³/mol. The van der Waals surface area contributed by atoms with Crippen molar-refractivity contribution in [1.82, 2.24) is 9.80 Å². The topological polar surface area (TPSA) is 59.1 Å². The van der Waals surface area contributed by atoms with Gasteiger partial charge >= 0.3 is 0 Å². The Morgan fingerprint density at radius 3 is 2.50 bits per heavy atom. The smallest absolute Gasteiger partial charge is 0.257 e. The lowest BCUT2D eigenvalue weighted by atomic mass is 10.0. The molecule has 184 valence electrons. The first-order chi connectivity index (χ1) is 16.4. The third-order valence-electron chi connectivity index (χ3n) is 6.13. The lowest BCUT2D eigenvalue weighted by Gasteiger charge is -2.34. The van der Waals surface area contributed by atoms with Crippen molar-refractivity contribution < 1.29 is 19.1 Å². The Hall–Kier alpha value is -3.02. The van der Waals surface area contributed by atoms with E-state index in [4.69, 9.17) is 9.47 Å². The second kappa shape index (κ2) is 12.4. The van der Waals surface area contributed by atoms with Gasteiger partial charge in [0.15, 0.2) is 0 Å². The van der Waals surface area contributed by atoms with Gasteiger partial charge in [0.1, 0.15) is 18.1 Å². The summed E-state index contributed by atoms with van der Waals surface area (Å²) in [5.41, 5.74) is 1.54. The van der Waals surface area contributed by atoms with Gasteiger partial charge < -0.3 is 19.3 Å². The summed E-state index contributed by atoms with van der Waals surface area (Å²) in [6.07, 6.45) is 2.86. The van der Waals surface area contributed by atoms with Crippen LogP contribution < -0.4 is 9.47 Å². The maximum Gasteiger partial charge on any atom is 0.257 e. The van der Waals surface area contributed by atoms with E-state index in [1.165, 1.54) is 0 Å². The fourth-order valence-corrected chi connectivity index (χ4v) is 4.38. The van der Waals surface area contributed by atoms with Crippen LogP contribution in [0, 0.1) is 5.92 Å². The van der Waals surface area contributed by atoms with Gasteiger partial charge in [0.2, 0.25) is 5.91 Å². The van der Waals surface area contributed by atoms with E-state index in [-0.39, 0.29) is 17.9 Å². The van der Waals surface area contributed by atoms with Gasteiger partial charge in [-0.15, -0.1) is 0 Å². The minimum Gasteiger partial charge on any atom is -0.494 e. The van der Waals surface area contributed by atoms with Crippen molar-refractivity contribution in [3.63, 3.8) is 0 Å². The van der Waals surface area contributed by atoms with Crippen LogP contribution in [0.15, 0.2) is 48.5 Å². The predicted octanol–water partition coefficient (Wildman–Crippen LogP) is 4.82. The third-order valence-corrected chi connectivity index (χ3v) is 6.13. The van der Waals surface area contributed by atoms with Crippen molar-refractivity contribution in [2.45, 2.75) is 52.5 Å². The number of amides is 2. The zero-order valence-electron chi connectivity index (χ0n) is 21.0. The summed E-state index contributed by atoms with van der Waals surface area (Å²) >= 11 is 0. The van der Waals surface area contributed by atoms with Crippen LogP contribution in [0.3, 0.4) is 0 Å². The summed E-state index contributed by atoms with van der Waals surface area (Å²) in [4.78, 5) is 30.2. The van der Waals surface area contributed by atoms with E-state index in [1.54, 1.807) is 4.90 Å². The number of para-hydroxylation sites is 1. The van der Waals surface area contributed by atoms with Gasteiger partial charge in [0, 0.05) is 20.1 Å². The summed E-state index contributed by atoms with van der Waals surface area (Å²) in [7, 11) is 1.82. The van der Waals surface area contributed by atoms with Crippen LogP contribution in [0.5, 0.6) is 11.5 Å². The Kier molecular flexibility index (Phi) is 9.37. The highest BCUT2D eigenvalue weighted by molar-refractivity contribution is 5.96. The molecule has 6 heteroatoms. The Morgan fingerprint density at radius 2 is 1.79 bits per heavy atom. The number of hydrogen-bond acceptors (Lipinski definition) is 4. The van der Waals surface area contributed by atoms with Crippen LogP contribution in [0.25, 0.3) is 0 Å². The van der Waals surface area contributed by atoms with Crippen LogP contribution in [0.1, 0.15) is 56.0 Å². The van der Waals surface area contributed by atoms with E-state index in [9.17, 15) is 9.59 Å². The number of rotatable bonds is 6. The second-order valence-electron chi connectivity index (χ2n) is 9.37. The molecule has 0 N–H and O–H groups in total. The Morgan fingerprint density at radius 1 is 1.09 bits per heavy atom. The van der Waals surface area contributed by atoms with Crippen LogP contribution in [0.2, 0.25) is 0 Å². The molecule has 1 atom stereocenters. The van der Waals surface area contributed by atoms with Crippen molar-refractivity contribution in [3.8, 4) is 11.5 Å². The van der Waals surface area contributed by atoms with Crippen molar-refractivity contribution >= 4 is 11.8 Å². The molecule has 1 heterocycles. The number of hydrogen-bond donors (Lipinski definition) is 0. The molecule has 2 amide bonds. The van der Waals surface area contributed by atoms with Gasteiger partial charge in [-0.1, -0.05) is 38.1 Å². The summed E-state index contributed by atoms with van der Waals surface area (Å²) in [5.74, 6) is 1.87. The molecule has 0 aromatic heterocycles. The Balaban J connectivity index is 1.83. The van der Waals surface area contributed by atoms with E-state index in [2.05, 4.69) is 13.8 Å². The molecule has 0 aliphatic carbocycles. The normalized spacial score (nSPS) is 17.4. The number of fused-ring (bicyclic) bond motifs is 1. The molecule has 34 heavy (non-hydrogen) atoms.